The van der Waals surface area contributed by atoms with Crippen molar-refractivity contribution in [1.29, 1.82) is 0 Å². The first-order chi connectivity index (χ1) is 12.6. The molecule has 1 aliphatic rings. The molecule has 1 amide bonds. The Kier molecular flexibility index (Phi) is 5.73. The van der Waals surface area contributed by atoms with Gasteiger partial charge in [0.2, 0.25) is 5.91 Å². The average molecular weight is 408 g/mol. The Balaban J connectivity index is 1.99. The van der Waals surface area contributed by atoms with Crippen molar-refractivity contribution < 1.29 is 4.79 Å². The van der Waals surface area contributed by atoms with E-state index in [1.54, 1.807) is 15.9 Å². The molecule has 1 aliphatic carbocycles. The molecular weight excluding hydrogens is 378 g/mol. The molecule has 0 bridgehead atoms. The van der Waals surface area contributed by atoms with Gasteiger partial charge in [-0.15, -0.1) is 11.3 Å². The highest BCUT2D eigenvalue weighted by molar-refractivity contribution is 8.00. The standard InChI is InChI=1S/C20H29N3O2S2/c1-7-23-18(25)15-13-9-8-11(2)10-14(13)27-17(15)21-19(23)26-12(3)16(24)22-20(4,5)6/h11-12H,7-10H2,1-6H3,(H,22,24)/t11-,12+/m0/s1. The van der Waals surface area contributed by atoms with Gasteiger partial charge in [0, 0.05) is 17.0 Å². The number of nitrogens with zero attached hydrogens (tertiary/aromatic N) is 2. The molecule has 0 saturated carbocycles. The van der Waals surface area contributed by atoms with Gasteiger partial charge < -0.3 is 5.32 Å². The fourth-order valence-corrected chi connectivity index (χ4v) is 5.85. The second-order valence-corrected chi connectivity index (χ2v) is 10.9. The van der Waals surface area contributed by atoms with Crippen LogP contribution < -0.4 is 10.9 Å². The van der Waals surface area contributed by atoms with Crippen LogP contribution in [0.15, 0.2) is 9.95 Å². The van der Waals surface area contributed by atoms with Gasteiger partial charge in [0.25, 0.3) is 5.56 Å². The number of carbonyl (C=O) groups is 1. The van der Waals surface area contributed by atoms with Gasteiger partial charge in [-0.1, -0.05) is 18.7 Å². The molecule has 0 aromatic carbocycles. The number of amides is 1. The highest BCUT2D eigenvalue weighted by Crippen LogP contribution is 2.36. The van der Waals surface area contributed by atoms with Gasteiger partial charge in [-0.05, 0) is 65.4 Å². The van der Waals surface area contributed by atoms with E-state index >= 15 is 0 Å². The summed E-state index contributed by atoms with van der Waals surface area (Å²) in [5.74, 6) is 0.623. The minimum atomic E-state index is -0.319. The summed E-state index contributed by atoms with van der Waals surface area (Å²) < 4.78 is 1.72. The SMILES string of the molecule is CCn1c(S[C@H](C)C(=O)NC(C)(C)C)nc2sc3c(c2c1=O)CC[C@H](C)C3. The number of carbonyl (C=O) groups excluding carboxylic acids is 1. The monoisotopic (exact) mass is 407 g/mol. The smallest absolute Gasteiger partial charge is 0.263 e. The Morgan fingerprint density at radius 2 is 2.15 bits per heavy atom. The molecule has 27 heavy (non-hydrogen) atoms. The lowest BCUT2D eigenvalue weighted by Gasteiger charge is -2.23. The van der Waals surface area contributed by atoms with Gasteiger partial charge >= 0.3 is 0 Å². The highest BCUT2D eigenvalue weighted by atomic mass is 32.2. The van der Waals surface area contributed by atoms with Gasteiger partial charge in [-0.3, -0.25) is 14.2 Å². The molecule has 1 N–H and O–H groups in total. The van der Waals surface area contributed by atoms with Gasteiger partial charge in [0.1, 0.15) is 4.83 Å². The van der Waals surface area contributed by atoms with E-state index in [4.69, 9.17) is 4.98 Å². The molecule has 0 fully saturated rings. The fourth-order valence-electron chi connectivity index (χ4n) is 3.46. The van der Waals surface area contributed by atoms with E-state index in [-0.39, 0.29) is 22.3 Å². The first-order valence-corrected chi connectivity index (χ1v) is 11.3. The van der Waals surface area contributed by atoms with Gasteiger partial charge in [-0.2, -0.15) is 0 Å². The molecule has 2 aromatic rings. The predicted molar refractivity (Wildman–Crippen MR) is 114 cm³/mol. The van der Waals surface area contributed by atoms with Crippen molar-refractivity contribution >= 4 is 39.2 Å². The third-order valence-corrected chi connectivity index (χ3v) is 7.08. The van der Waals surface area contributed by atoms with Crippen molar-refractivity contribution in [3.8, 4) is 0 Å². The summed E-state index contributed by atoms with van der Waals surface area (Å²) in [5, 5.41) is 4.12. The molecule has 0 radical (unpaired) electrons. The summed E-state index contributed by atoms with van der Waals surface area (Å²) in [6.07, 6.45) is 3.13. The van der Waals surface area contributed by atoms with Crippen LogP contribution in [-0.4, -0.2) is 26.2 Å². The van der Waals surface area contributed by atoms with Crippen molar-refractivity contribution in [2.75, 3.05) is 0 Å². The number of hydrogen-bond acceptors (Lipinski definition) is 5. The number of aromatic nitrogens is 2. The molecule has 3 rings (SSSR count). The van der Waals surface area contributed by atoms with Crippen LogP contribution in [0.1, 0.15) is 58.4 Å². The minimum Gasteiger partial charge on any atom is -0.351 e. The number of thioether (sulfide) groups is 1. The van der Waals surface area contributed by atoms with Crippen LogP contribution in [0.5, 0.6) is 0 Å². The van der Waals surface area contributed by atoms with E-state index in [2.05, 4.69) is 12.2 Å². The van der Waals surface area contributed by atoms with Crippen molar-refractivity contribution in [1.82, 2.24) is 14.9 Å². The van der Waals surface area contributed by atoms with Crippen LogP contribution in [-0.2, 0) is 24.2 Å². The van der Waals surface area contributed by atoms with E-state index < -0.39 is 0 Å². The topological polar surface area (TPSA) is 64.0 Å². The lowest BCUT2D eigenvalue weighted by atomic mass is 9.89. The van der Waals surface area contributed by atoms with Crippen LogP contribution in [0.2, 0.25) is 0 Å². The molecule has 0 saturated heterocycles. The van der Waals surface area contributed by atoms with Gasteiger partial charge in [0.15, 0.2) is 5.16 Å². The van der Waals surface area contributed by atoms with Gasteiger partial charge in [-0.25, -0.2) is 4.98 Å². The van der Waals surface area contributed by atoms with E-state index in [9.17, 15) is 9.59 Å². The zero-order valence-corrected chi connectivity index (χ0v) is 18.6. The second kappa shape index (κ2) is 7.59. The maximum Gasteiger partial charge on any atom is 0.263 e. The summed E-state index contributed by atoms with van der Waals surface area (Å²) in [4.78, 5) is 32.6. The first kappa shape index (κ1) is 20.4. The van der Waals surface area contributed by atoms with Crippen molar-refractivity contribution in [3.05, 3.63) is 20.8 Å². The van der Waals surface area contributed by atoms with Crippen LogP contribution >= 0.6 is 23.1 Å². The highest BCUT2D eigenvalue weighted by Gasteiger charge is 2.26. The largest absolute Gasteiger partial charge is 0.351 e. The number of hydrogen-bond donors (Lipinski definition) is 1. The third kappa shape index (κ3) is 4.24. The lowest BCUT2D eigenvalue weighted by molar-refractivity contribution is -0.121. The number of thiophene rings is 1. The first-order valence-electron chi connectivity index (χ1n) is 9.64. The zero-order valence-electron chi connectivity index (χ0n) is 17.0. The molecule has 5 nitrogen and oxygen atoms in total. The maximum atomic E-state index is 13.2. The molecule has 2 aromatic heterocycles. The summed E-state index contributed by atoms with van der Waals surface area (Å²) in [7, 11) is 0. The zero-order chi connectivity index (χ0) is 19.9. The third-order valence-electron chi connectivity index (χ3n) is 4.85. The summed E-state index contributed by atoms with van der Waals surface area (Å²) in [5.41, 5.74) is 0.973. The Labute approximate surface area is 169 Å². The predicted octanol–water partition coefficient (Wildman–Crippen LogP) is 4.00. The fraction of sp³-hybridized carbons (Fsp3) is 0.650. The Bertz CT molecular complexity index is 924. The number of nitrogens with one attached hydrogen (secondary N) is 1. The molecule has 2 atom stereocenters. The number of fused-ring (bicyclic) bond motifs is 3. The molecule has 0 aliphatic heterocycles. The van der Waals surface area contributed by atoms with Crippen molar-refractivity contribution in [2.45, 2.75) is 83.3 Å². The van der Waals surface area contributed by atoms with Crippen LogP contribution in [0, 0.1) is 5.92 Å². The van der Waals surface area contributed by atoms with Gasteiger partial charge in [0.05, 0.1) is 10.6 Å². The Morgan fingerprint density at radius 3 is 2.78 bits per heavy atom. The van der Waals surface area contributed by atoms with Crippen LogP contribution in [0.3, 0.4) is 0 Å². The van der Waals surface area contributed by atoms with Crippen LogP contribution in [0.25, 0.3) is 10.2 Å². The molecular formula is C20H29N3O2S2. The van der Waals surface area contributed by atoms with Crippen LogP contribution in [0.4, 0.5) is 0 Å². The molecule has 0 spiro atoms. The summed E-state index contributed by atoms with van der Waals surface area (Å²) >= 11 is 3.02. The minimum absolute atomic E-state index is 0.0382. The van der Waals surface area contributed by atoms with Crippen molar-refractivity contribution in [3.63, 3.8) is 0 Å². The summed E-state index contributed by atoms with van der Waals surface area (Å²) in [6.45, 7) is 12.5. The number of aryl methyl sites for hydroxylation is 1. The normalized spacial score (nSPS) is 18.4. The average Bonchev–Trinajstić information content (AvgIpc) is 2.90. The number of rotatable bonds is 4. The maximum absolute atomic E-state index is 13.2. The van der Waals surface area contributed by atoms with Crippen molar-refractivity contribution in [2.24, 2.45) is 5.92 Å². The van der Waals surface area contributed by atoms with E-state index in [0.717, 1.165) is 29.5 Å². The Hall–Kier alpha value is -1.34. The van der Waals surface area contributed by atoms with E-state index in [0.29, 0.717) is 17.6 Å². The molecule has 0 unspecified atom stereocenters. The second-order valence-electron chi connectivity index (χ2n) is 8.48. The Morgan fingerprint density at radius 1 is 1.44 bits per heavy atom. The summed E-state index contributed by atoms with van der Waals surface area (Å²) in [6, 6.07) is 0. The lowest BCUT2D eigenvalue weighted by Crippen LogP contribution is -2.44. The van der Waals surface area contributed by atoms with E-state index in [1.807, 2.05) is 34.6 Å². The van der Waals surface area contributed by atoms with E-state index in [1.165, 1.54) is 22.2 Å². The molecule has 148 valence electrons. The molecule has 7 heteroatoms. The molecule has 2 heterocycles. The quantitative estimate of drug-likeness (QED) is 0.615.